The van der Waals surface area contributed by atoms with Crippen LogP contribution in [0.25, 0.3) is 0 Å². The van der Waals surface area contributed by atoms with E-state index in [0.29, 0.717) is 21.9 Å². The lowest BCUT2D eigenvalue weighted by atomic mass is 9.71. The Hall–Kier alpha value is -0.160. The molecule has 0 bridgehead atoms. The Labute approximate surface area is 252 Å². The summed E-state index contributed by atoms with van der Waals surface area (Å²) in [7, 11) is 0. The van der Waals surface area contributed by atoms with Gasteiger partial charge in [-0.2, -0.15) is 0 Å². The van der Waals surface area contributed by atoms with Crippen LogP contribution in [0.2, 0.25) is 0 Å². The molecule has 0 N–H and O–H groups in total. The quantitative estimate of drug-likeness (QED) is 0.339. The van der Waals surface area contributed by atoms with E-state index in [1.807, 2.05) is 0 Å². The smallest absolute Gasteiger partial charge is 0.0126 e. The van der Waals surface area contributed by atoms with Gasteiger partial charge < -0.3 is 0 Å². The van der Waals surface area contributed by atoms with Crippen molar-refractivity contribution in [3.63, 3.8) is 0 Å². The molecule has 4 nitrogen and oxygen atoms in total. The summed E-state index contributed by atoms with van der Waals surface area (Å²) in [6.45, 7) is 38.7. The van der Waals surface area contributed by atoms with E-state index < -0.39 is 0 Å². The van der Waals surface area contributed by atoms with Gasteiger partial charge in [-0.05, 0) is 116 Å². The van der Waals surface area contributed by atoms with E-state index >= 15 is 0 Å². The SMILES string of the molecule is CC(C)(C)C1CCC(N2CCN(C(C)(C)C)CC2)CC1.CC(C)(C)C1CCC(N2CCN(C(C)(C)C)CC2)CC1. The van der Waals surface area contributed by atoms with Crippen LogP contribution in [0.3, 0.4) is 0 Å². The fourth-order valence-corrected chi connectivity index (χ4v) is 8.13. The summed E-state index contributed by atoms with van der Waals surface area (Å²) in [5.74, 6) is 1.88. The van der Waals surface area contributed by atoms with Gasteiger partial charge in [0.1, 0.15) is 0 Å². The fourth-order valence-electron chi connectivity index (χ4n) is 8.13. The minimum Gasteiger partial charge on any atom is -0.298 e. The Morgan fingerprint density at radius 3 is 0.800 bits per heavy atom. The summed E-state index contributed by atoms with van der Waals surface area (Å²) in [6, 6.07) is 1.74. The minimum absolute atomic E-state index is 0.343. The van der Waals surface area contributed by atoms with Crippen molar-refractivity contribution in [1.82, 2.24) is 19.6 Å². The topological polar surface area (TPSA) is 13.0 Å². The maximum Gasteiger partial charge on any atom is 0.0126 e. The van der Waals surface area contributed by atoms with E-state index in [9.17, 15) is 0 Å². The van der Waals surface area contributed by atoms with Crippen LogP contribution in [-0.4, -0.2) is 95.1 Å². The van der Waals surface area contributed by atoms with Gasteiger partial charge in [-0.25, -0.2) is 0 Å². The van der Waals surface area contributed by atoms with Crippen molar-refractivity contribution in [2.45, 2.75) is 158 Å². The van der Waals surface area contributed by atoms with Gasteiger partial charge in [-0.1, -0.05) is 41.5 Å². The van der Waals surface area contributed by atoms with Crippen molar-refractivity contribution >= 4 is 0 Å². The van der Waals surface area contributed by atoms with Gasteiger partial charge in [0.2, 0.25) is 0 Å². The fraction of sp³-hybridized carbons (Fsp3) is 1.00. The molecule has 4 rings (SSSR count). The largest absolute Gasteiger partial charge is 0.298 e. The van der Waals surface area contributed by atoms with Crippen LogP contribution in [0, 0.1) is 22.7 Å². The van der Waals surface area contributed by atoms with Crippen molar-refractivity contribution in [3.8, 4) is 0 Å². The normalized spacial score (nSPS) is 31.5. The Bertz CT molecular complexity index is 589. The molecule has 0 spiro atoms. The summed E-state index contributed by atoms with van der Waals surface area (Å²) in [5.41, 5.74) is 1.71. The van der Waals surface area contributed by atoms with Gasteiger partial charge in [-0.15, -0.1) is 0 Å². The molecule has 2 saturated heterocycles. The lowest BCUT2D eigenvalue weighted by Crippen LogP contribution is -2.56. The Morgan fingerprint density at radius 2 is 0.600 bits per heavy atom. The molecule has 236 valence electrons. The maximum atomic E-state index is 2.78. The molecule has 4 fully saturated rings. The van der Waals surface area contributed by atoms with Crippen molar-refractivity contribution in [3.05, 3.63) is 0 Å². The predicted molar refractivity (Wildman–Crippen MR) is 176 cm³/mol. The molecule has 2 aliphatic carbocycles. The van der Waals surface area contributed by atoms with Crippen LogP contribution in [0.15, 0.2) is 0 Å². The van der Waals surface area contributed by atoms with Crippen molar-refractivity contribution in [1.29, 1.82) is 0 Å². The van der Waals surface area contributed by atoms with E-state index in [-0.39, 0.29) is 0 Å². The highest BCUT2D eigenvalue weighted by atomic mass is 15.3. The average Bonchev–Trinajstić information content (AvgIpc) is 2.87. The number of hydrogen-bond donors (Lipinski definition) is 0. The zero-order chi connectivity index (χ0) is 29.9. The molecule has 0 aromatic rings. The third-order valence-electron chi connectivity index (χ3n) is 11.4. The minimum atomic E-state index is 0.343. The van der Waals surface area contributed by atoms with Crippen molar-refractivity contribution in [2.24, 2.45) is 22.7 Å². The first-order valence-electron chi connectivity index (χ1n) is 17.3. The molecular weight excluding hydrogens is 488 g/mol. The van der Waals surface area contributed by atoms with Gasteiger partial charge in [0.05, 0.1) is 0 Å². The maximum absolute atomic E-state index is 2.78. The first kappa shape index (κ1) is 34.3. The Balaban J connectivity index is 0.000000220. The van der Waals surface area contributed by atoms with Crippen LogP contribution in [0.1, 0.15) is 134 Å². The molecule has 0 unspecified atom stereocenters. The number of piperazine rings is 2. The van der Waals surface area contributed by atoms with Crippen LogP contribution < -0.4 is 0 Å². The zero-order valence-electron chi connectivity index (χ0n) is 29.4. The molecule has 4 heteroatoms. The van der Waals surface area contributed by atoms with E-state index in [1.54, 1.807) is 0 Å². The Kier molecular flexibility index (Phi) is 11.7. The molecule has 2 saturated carbocycles. The van der Waals surface area contributed by atoms with Crippen LogP contribution in [0.4, 0.5) is 0 Å². The average molecular weight is 561 g/mol. The van der Waals surface area contributed by atoms with Crippen LogP contribution in [0.5, 0.6) is 0 Å². The Morgan fingerprint density at radius 1 is 0.350 bits per heavy atom. The van der Waals surface area contributed by atoms with Crippen molar-refractivity contribution in [2.75, 3.05) is 52.4 Å². The standard InChI is InChI=1S/2C18H36N2/c2*1-17(2,3)15-7-9-16(10-8-15)19-11-13-20(14-12-19)18(4,5)6/h2*15-16H,7-14H2,1-6H3. The molecular formula is C36H72N4. The zero-order valence-corrected chi connectivity index (χ0v) is 29.4. The van der Waals surface area contributed by atoms with E-state index in [1.165, 1.54) is 104 Å². The van der Waals surface area contributed by atoms with E-state index in [0.717, 1.165) is 23.9 Å². The number of rotatable bonds is 2. The second kappa shape index (κ2) is 13.6. The highest BCUT2D eigenvalue weighted by Gasteiger charge is 2.35. The lowest BCUT2D eigenvalue weighted by molar-refractivity contribution is 0.0216. The molecule has 0 atom stereocenters. The third-order valence-corrected chi connectivity index (χ3v) is 11.4. The van der Waals surface area contributed by atoms with Gasteiger partial charge in [-0.3, -0.25) is 19.6 Å². The predicted octanol–water partition coefficient (Wildman–Crippen LogP) is 8.01. The molecule has 2 aliphatic heterocycles. The summed E-state index contributed by atoms with van der Waals surface area (Å²) >= 11 is 0. The molecule has 0 radical (unpaired) electrons. The molecule has 2 heterocycles. The second-order valence-electron chi connectivity index (χ2n) is 18.1. The van der Waals surface area contributed by atoms with Crippen LogP contribution in [-0.2, 0) is 0 Å². The van der Waals surface area contributed by atoms with Crippen molar-refractivity contribution < 1.29 is 0 Å². The summed E-state index contributed by atoms with van der Waals surface area (Å²) < 4.78 is 0. The van der Waals surface area contributed by atoms with Crippen LogP contribution >= 0.6 is 0 Å². The van der Waals surface area contributed by atoms with Gasteiger partial charge in [0.25, 0.3) is 0 Å². The van der Waals surface area contributed by atoms with E-state index in [4.69, 9.17) is 0 Å². The van der Waals surface area contributed by atoms with Gasteiger partial charge in [0, 0.05) is 75.5 Å². The summed E-state index contributed by atoms with van der Waals surface area (Å²) in [4.78, 5) is 10.8. The summed E-state index contributed by atoms with van der Waals surface area (Å²) in [6.07, 6.45) is 11.5. The number of hydrogen-bond acceptors (Lipinski definition) is 4. The van der Waals surface area contributed by atoms with Gasteiger partial charge in [0.15, 0.2) is 0 Å². The van der Waals surface area contributed by atoms with E-state index in [2.05, 4.69) is 103 Å². The highest BCUT2D eigenvalue weighted by molar-refractivity contribution is 4.90. The third kappa shape index (κ3) is 9.95. The lowest BCUT2D eigenvalue weighted by Gasteiger charge is -2.47. The highest BCUT2D eigenvalue weighted by Crippen LogP contribution is 2.40. The molecule has 0 aromatic heterocycles. The molecule has 4 aliphatic rings. The molecule has 40 heavy (non-hydrogen) atoms. The monoisotopic (exact) mass is 561 g/mol. The molecule has 0 aromatic carbocycles. The second-order valence-corrected chi connectivity index (χ2v) is 18.1. The van der Waals surface area contributed by atoms with Gasteiger partial charge >= 0.3 is 0 Å². The first-order chi connectivity index (χ1) is 18.4. The first-order valence-corrected chi connectivity index (χ1v) is 17.3. The summed E-state index contributed by atoms with van der Waals surface area (Å²) in [5, 5.41) is 0. The molecule has 0 amide bonds. The number of nitrogens with zero attached hydrogens (tertiary/aromatic N) is 4.